The predicted molar refractivity (Wildman–Crippen MR) is 166 cm³/mol. The van der Waals surface area contributed by atoms with E-state index in [1.165, 1.54) is 36.7 Å². The molecule has 2 fully saturated rings. The van der Waals surface area contributed by atoms with E-state index < -0.39 is 0 Å². The Morgan fingerprint density at radius 2 is 1.73 bits per heavy atom. The molecule has 0 aliphatic carbocycles. The number of thioether (sulfide) groups is 1. The monoisotopic (exact) mass is 595 g/mol. The van der Waals surface area contributed by atoms with Crippen LogP contribution in [0.1, 0.15) is 37.3 Å². The number of anilines is 1. The predicted octanol–water partition coefficient (Wildman–Crippen LogP) is 8.20. The molecular formula is C31H31Cl2N3O3S. The van der Waals surface area contributed by atoms with Crippen LogP contribution in [0.25, 0.3) is 6.08 Å². The van der Waals surface area contributed by atoms with Crippen LogP contribution in [0.4, 0.5) is 11.4 Å². The number of carbonyl (C=O) groups excluding carboxylic acids is 1. The maximum atomic E-state index is 13.2. The molecule has 0 unspecified atom stereocenters. The van der Waals surface area contributed by atoms with Gasteiger partial charge >= 0.3 is 0 Å². The van der Waals surface area contributed by atoms with Crippen molar-refractivity contribution in [2.24, 2.45) is 4.99 Å². The second-order valence-electron chi connectivity index (χ2n) is 9.57. The molecule has 0 bridgehead atoms. The Kier molecular flexibility index (Phi) is 9.25. The van der Waals surface area contributed by atoms with Crippen LogP contribution < -0.4 is 14.4 Å². The van der Waals surface area contributed by atoms with E-state index in [2.05, 4.69) is 17.0 Å². The summed E-state index contributed by atoms with van der Waals surface area (Å²) < 4.78 is 11.5. The number of nitrogens with zero attached hydrogens (tertiary/aromatic N) is 3. The van der Waals surface area contributed by atoms with Gasteiger partial charge in [0.05, 0.1) is 27.7 Å². The zero-order chi connectivity index (χ0) is 28.1. The number of halogens is 2. The number of amidine groups is 1. The van der Waals surface area contributed by atoms with Crippen LogP contribution in [0.15, 0.2) is 70.6 Å². The van der Waals surface area contributed by atoms with Crippen LogP contribution in [-0.2, 0) is 11.4 Å². The maximum Gasteiger partial charge on any atom is 0.266 e. The SMILES string of the molecule is CCN1C(=O)/C(=C/c2ccc(OCc3ccc(Cl)c(Cl)c3)c(OC)c2)SC1=Nc1ccc(N2CCCCC2)cc1. The highest BCUT2D eigenvalue weighted by atomic mass is 35.5. The van der Waals surface area contributed by atoms with E-state index >= 15 is 0 Å². The first-order valence-corrected chi connectivity index (χ1v) is 14.9. The van der Waals surface area contributed by atoms with Crippen molar-refractivity contribution in [3.63, 3.8) is 0 Å². The number of aliphatic imine (C=N–C) groups is 1. The van der Waals surface area contributed by atoms with Gasteiger partial charge in [-0.05, 0) is 104 Å². The van der Waals surface area contributed by atoms with Crippen LogP contribution in [0.2, 0.25) is 10.0 Å². The lowest BCUT2D eigenvalue weighted by Gasteiger charge is -2.28. The number of likely N-dealkylation sites (N-methyl/N-ethyl adjacent to an activating group) is 1. The van der Waals surface area contributed by atoms with E-state index in [1.54, 1.807) is 24.1 Å². The lowest BCUT2D eigenvalue weighted by molar-refractivity contribution is -0.122. The highest BCUT2D eigenvalue weighted by Gasteiger charge is 2.32. The molecule has 9 heteroatoms. The van der Waals surface area contributed by atoms with Crippen molar-refractivity contribution in [3.8, 4) is 11.5 Å². The van der Waals surface area contributed by atoms with Gasteiger partial charge in [-0.2, -0.15) is 0 Å². The second-order valence-corrected chi connectivity index (χ2v) is 11.4. The highest BCUT2D eigenvalue weighted by molar-refractivity contribution is 8.18. The summed E-state index contributed by atoms with van der Waals surface area (Å²) in [5.41, 5.74) is 3.78. The van der Waals surface area contributed by atoms with Crippen molar-refractivity contribution in [2.45, 2.75) is 32.8 Å². The Balaban J connectivity index is 1.30. The average Bonchev–Trinajstić information content (AvgIpc) is 3.27. The van der Waals surface area contributed by atoms with Gasteiger partial charge in [-0.25, -0.2) is 4.99 Å². The van der Waals surface area contributed by atoms with Crippen LogP contribution in [0, 0.1) is 0 Å². The Hall–Kier alpha value is -3.13. The first-order valence-electron chi connectivity index (χ1n) is 13.3. The molecule has 2 saturated heterocycles. The molecule has 40 heavy (non-hydrogen) atoms. The van der Waals surface area contributed by atoms with Gasteiger partial charge in [0, 0.05) is 25.3 Å². The minimum Gasteiger partial charge on any atom is -0.493 e. The average molecular weight is 597 g/mol. The molecule has 208 valence electrons. The molecule has 0 radical (unpaired) electrons. The number of amides is 1. The summed E-state index contributed by atoms with van der Waals surface area (Å²) in [5, 5.41) is 1.66. The molecule has 0 atom stereocenters. The Morgan fingerprint density at radius 1 is 0.950 bits per heavy atom. The van der Waals surface area contributed by atoms with Crippen molar-refractivity contribution >= 4 is 63.5 Å². The molecule has 0 aromatic heterocycles. The van der Waals surface area contributed by atoms with Gasteiger partial charge in [0.25, 0.3) is 5.91 Å². The molecule has 6 nitrogen and oxygen atoms in total. The largest absolute Gasteiger partial charge is 0.493 e. The summed E-state index contributed by atoms with van der Waals surface area (Å²) in [4.78, 5) is 22.8. The van der Waals surface area contributed by atoms with E-state index in [4.69, 9.17) is 37.7 Å². The third-order valence-corrected chi connectivity index (χ3v) is 8.61. The molecule has 0 N–H and O–H groups in total. The third-order valence-electron chi connectivity index (χ3n) is 6.86. The number of piperidine rings is 1. The molecule has 1 amide bonds. The van der Waals surface area contributed by atoms with E-state index in [0.29, 0.717) is 44.8 Å². The number of methoxy groups -OCH3 is 1. The molecule has 0 saturated carbocycles. The zero-order valence-corrected chi connectivity index (χ0v) is 24.9. The number of carbonyl (C=O) groups is 1. The fourth-order valence-electron chi connectivity index (χ4n) is 4.71. The summed E-state index contributed by atoms with van der Waals surface area (Å²) in [6, 6.07) is 19.3. The van der Waals surface area contributed by atoms with Gasteiger partial charge in [-0.3, -0.25) is 9.69 Å². The van der Waals surface area contributed by atoms with Gasteiger partial charge in [0.2, 0.25) is 0 Å². The third kappa shape index (κ3) is 6.60. The Bertz CT molecular complexity index is 1440. The summed E-state index contributed by atoms with van der Waals surface area (Å²) in [5.74, 6) is 1.10. The normalized spacial score (nSPS) is 17.6. The number of hydrogen-bond donors (Lipinski definition) is 0. The molecule has 2 aliphatic rings. The number of benzene rings is 3. The van der Waals surface area contributed by atoms with Crippen LogP contribution >= 0.6 is 35.0 Å². The Labute approximate surface area is 249 Å². The molecule has 5 rings (SSSR count). The second kappa shape index (κ2) is 13.0. The van der Waals surface area contributed by atoms with Crippen LogP contribution in [-0.4, -0.2) is 42.7 Å². The fraction of sp³-hybridized carbons (Fsp3) is 0.290. The van der Waals surface area contributed by atoms with Crippen molar-refractivity contribution in [1.29, 1.82) is 0 Å². The molecular weight excluding hydrogens is 565 g/mol. The maximum absolute atomic E-state index is 13.2. The lowest BCUT2D eigenvalue weighted by Crippen LogP contribution is -2.29. The zero-order valence-electron chi connectivity index (χ0n) is 22.5. The smallest absolute Gasteiger partial charge is 0.266 e. The molecule has 2 aliphatic heterocycles. The fourth-order valence-corrected chi connectivity index (χ4v) is 6.09. The van der Waals surface area contributed by atoms with Crippen LogP contribution in [0.3, 0.4) is 0 Å². The summed E-state index contributed by atoms with van der Waals surface area (Å²) >= 11 is 13.5. The quantitative estimate of drug-likeness (QED) is 0.246. The van der Waals surface area contributed by atoms with Crippen molar-refractivity contribution in [2.75, 3.05) is 31.6 Å². The van der Waals surface area contributed by atoms with Crippen molar-refractivity contribution in [1.82, 2.24) is 4.90 Å². The first-order chi connectivity index (χ1) is 19.4. The van der Waals surface area contributed by atoms with Crippen molar-refractivity contribution in [3.05, 3.63) is 86.7 Å². The van der Waals surface area contributed by atoms with Crippen molar-refractivity contribution < 1.29 is 14.3 Å². The first kappa shape index (κ1) is 28.4. The topological polar surface area (TPSA) is 54.4 Å². The Morgan fingerprint density at radius 3 is 2.42 bits per heavy atom. The van der Waals surface area contributed by atoms with Gasteiger partial charge in [-0.15, -0.1) is 0 Å². The van der Waals surface area contributed by atoms with Gasteiger partial charge in [0.15, 0.2) is 16.7 Å². The van der Waals surface area contributed by atoms with Gasteiger partial charge < -0.3 is 14.4 Å². The number of hydrogen-bond acceptors (Lipinski definition) is 6. The summed E-state index contributed by atoms with van der Waals surface area (Å²) in [6.07, 6.45) is 5.65. The van der Waals surface area contributed by atoms with Crippen LogP contribution in [0.5, 0.6) is 11.5 Å². The minimum absolute atomic E-state index is 0.0601. The lowest BCUT2D eigenvalue weighted by atomic mass is 10.1. The van der Waals surface area contributed by atoms with Gasteiger partial charge in [-0.1, -0.05) is 35.3 Å². The molecule has 0 spiro atoms. The van der Waals surface area contributed by atoms with E-state index in [9.17, 15) is 4.79 Å². The summed E-state index contributed by atoms with van der Waals surface area (Å²) in [7, 11) is 1.59. The van der Waals surface area contributed by atoms with E-state index in [0.717, 1.165) is 29.9 Å². The highest BCUT2D eigenvalue weighted by Crippen LogP contribution is 2.36. The minimum atomic E-state index is -0.0601. The number of ether oxygens (including phenoxy) is 2. The van der Waals surface area contributed by atoms with E-state index in [1.807, 2.05) is 49.4 Å². The standard InChI is InChI=1S/C31H31Cl2N3O3S/c1-3-36-30(37)29(40-31(36)34-23-9-11-24(12-10-23)35-15-5-4-6-16-35)19-21-8-14-27(28(18-21)38-2)39-20-22-7-13-25(32)26(33)17-22/h7-14,17-19H,3-6,15-16,20H2,1-2H3/b29-19-,34-31?. The molecule has 3 aromatic carbocycles. The van der Waals surface area contributed by atoms with E-state index in [-0.39, 0.29) is 5.91 Å². The summed E-state index contributed by atoms with van der Waals surface area (Å²) in [6.45, 7) is 5.01. The molecule has 2 heterocycles. The van der Waals surface area contributed by atoms with Gasteiger partial charge in [0.1, 0.15) is 6.61 Å². The number of rotatable bonds is 8. The molecule has 3 aromatic rings.